The molecule has 4 heteroatoms. The quantitative estimate of drug-likeness (QED) is 0.339. The summed E-state index contributed by atoms with van der Waals surface area (Å²) in [5.41, 5.74) is 0. The first-order valence-electron chi connectivity index (χ1n) is 9.26. The Labute approximate surface area is 141 Å². The first kappa shape index (κ1) is 21.7. The van der Waals surface area contributed by atoms with Gasteiger partial charge in [0.2, 0.25) is 5.91 Å². The minimum atomic E-state index is -0.891. The van der Waals surface area contributed by atoms with E-state index in [1.54, 1.807) is 0 Å². The molecule has 0 saturated carbocycles. The zero-order valence-electron chi connectivity index (χ0n) is 15.0. The highest BCUT2D eigenvalue weighted by Crippen LogP contribution is 2.12. The second kappa shape index (κ2) is 15.6. The molecule has 0 heterocycles. The summed E-state index contributed by atoms with van der Waals surface area (Å²) in [6.45, 7) is 4.81. The fourth-order valence-electron chi connectivity index (χ4n) is 2.43. The number of nitrogens with one attached hydrogen (secondary N) is 1. The molecule has 0 aromatic rings. The Bertz CT molecular complexity index is 340. The van der Waals surface area contributed by atoms with Crippen molar-refractivity contribution >= 4 is 11.9 Å². The normalized spacial score (nSPS) is 12.4. The maximum Gasteiger partial charge on any atom is 0.307 e. The molecule has 2 N–H and O–H groups in total. The van der Waals surface area contributed by atoms with Crippen molar-refractivity contribution in [2.24, 2.45) is 5.92 Å². The fourth-order valence-corrected chi connectivity index (χ4v) is 2.43. The van der Waals surface area contributed by atoms with Crippen LogP contribution < -0.4 is 5.32 Å². The van der Waals surface area contributed by atoms with Crippen LogP contribution in [0.4, 0.5) is 0 Å². The average molecular weight is 325 g/mol. The third-order valence-corrected chi connectivity index (χ3v) is 3.91. The van der Waals surface area contributed by atoms with Gasteiger partial charge in [-0.25, -0.2) is 0 Å². The highest BCUT2D eigenvalue weighted by Gasteiger charge is 2.19. The molecule has 1 atom stereocenters. The van der Waals surface area contributed by atoms with Crippen molar-refractivity contribution in [3.8, 4) is 0 Å². The topological polar surface area (TPSA) is 66.4 Å². The summed E-state index contributed by atoms with van der Waals surface area (Å²) in [5, 5.41) is 11.9. The summed E-state index contributed by atoms with van der Waals surface area (Å²) < 4.78 is 0. The first-order valence-corrected chi connectivity index (χ1v) is 9.26. The Kier molecular flexibility index (Phi) is 14.7. The molecule has 0 aromatic heterocycles. The monoisotopic (exact) mass is 325 g/mol. The Hall–Kier alpha value is -1.32. The number of hydrogen-bond acceptors (Lipinski definition) is 2. The molecule has 4 nitrogen and oxygen atoms in total. The zero-order chi connectivity index (χ0) is 17.3. The number of hydrogen-bond donors (Lipinski definition) is 2. The van der Waals surface area contributed by atoms with Gasteiger partial charge in [-0.2, -0.15) is 0 Å². The number of rotatable bonds is 15. The molecule has 1 unspecified atom stereocenters. The number of carbonyl (C=O) groups excluding carboxylic acids is 1. The number of allylic oxidation sites excluding steroid dienone is 2. The van der Waals surface area contributed by atoms with E-state index in [9.17, 15) is 14.7 Å². The Morgan fingerprint density at radius 1 is 0.957 bits per heavy atom. The second-order valence-electron chi connectivity index (χ2n) is 6.21. The third-order valence-electron chi connectivity index (χ3n) is 3.91. The lowest BCUT2D eigenvalue weighted by atomic mass is 10.0. The van der Waals surface area contributed by atoms with E-state index in [-0.39, 0.29) is 12.3 Å². The summed E-state index contributed by atoms with van der Waals surface area (Å²) in [7, 11) is 0. The molecule has 23 heavy (non-hydrogen) atoms. The van der Waals surface area contributed by atoms with Crippen molar-refractivity contribution in [3.63, 3.8) is 0 Å². The molecule has 1 amide bonds. The van der Waals surface area contributed by atoms with Crippen molar-refractivity contribution in [2.75, 3.05) is 6.54 Å². The van der Waals surface area contributed by atoms with Crippen molar-refractivity contribution < 1.29 is 14.7 Å². The van der Waals surface area contributed by atoms with Gasteiger partial charge in [-0.3, -0.25) is 9.59 Å². The molecule has 0 rings (SSSR count). The van der Waals surface area contributed by atoms with Crippen LogP contribution in [0.15, 0.2) is 12.2 Å². The first-order chi connectivity index (χ1) is 11.1. The molecule has 0 spiro atoms. The van der Waals surface area contributed by atoms with Crippen LogP contribution in [0.1, 0.15) is 84.5 Å². The van der Waals surface area contributed by atoms with Crippen LogP contribution in [0, 0.1) is 5.92 Å². The summed E-state index contributed by atoms with van der Waals surface area (Å²) in [6.07, 6.45) is 15.3. The van der Waals surface area contributed by atoms with Crippen LogP contribution in [0.3, 0.4) is 0 Å². The lowest BCUT2D eigenvalue weighted by Crippen LogP contribution is -2.28. The maximum atomic E-state index is 11.6. The lowest BCUT2D eigenvalue weighted by Gasteiger charge is -2.10. The molecule has 0 aliphatic heterocycles. The van der Waals surface area contributed by atoms with Gasteiger partial charge in [-0.05, 0) is 25.7 Å². The molecule has 0 radical (unpaired) electrons. The van der Waals surface area contributed by atoms with Gasteiger partial charge in [-0.15, -0.1) is 0 Å². The Morgan fingerprint density at radius 3 is 2.22 bits per heavy atom. The van der Waals surface area contributed by atoms with Gasteiger partial charge in [0, 0.05) is 13.0 Å². The van der Waals surface area contributed by atoms with Crippen LogP contribution in [-0.4, -0.2) is 23.5 Å². The van der Waals surface area contributed by atoms with Crippen molar-refractivity contribution in [2.45, 2.75) is 84.5 Å². The summed E-state index contributed by atoms with van der Waals surface area (Å²) in [4.78, 5) is 22.8. The summed E-state index contributed by atoms with van der Waals surface area (Å²) in [6, 6.07) is 0. The van der Waals surface area contributed by atoms with Crippen molar-refractivity contribution in [1.82, 2.24) is 5.32 Å². The summed E-state index contributed by atoms with van der Waals surface area (Å²) >= 11 is 0. The van der Waals surface area contributed by atoms with E-state index in [1.807, 2.05) is 13.0 Å². The molecular formula is C19H35NO3. The van der Waals surface area contributed by atoms with Gasteiger partial charge in [0.25, 0.3) is 0 Å². The van der Waals surface area contributed by atoms with Gasteiger partial charge in [0.1, 0.15) is 0 Å². The third kappa shape index (κ3) is 14.0. The molecule has 134 valence electrons. The van der Waals surface area contributed by atoms with Gasteiger partial charge < -0.3 is 10.4 Å². The number of unbranched alkanes of at least 4 members (excludes halogenated alkanes) is 7. The summed E-state index contributed by atoms with van der Waals surface area (Å²) in [5.74, 6) is -1.67. The van der Waals surface area contributed by atoms with Crippen LogP contribution in [0.5, 0.6) is 0 Å². The Morgan fingerprint density at radius 2 is 1.61 bits per heavy atom. The molecule has 0 saturated heterocycles. The number of aliphatic carboxylic acids is 1. The van der Waals surface area contributed by atoms with E-state index in [0.717, 1.165) is 19.3 Å². The predicted molar refractivity (Wildman–Crippen MR) is 95.4 cm³/mol. The number of amides is 1. The van der Waals surface area contributed by atoms with Crippen molar-refractivity contribution in [1.29, 1.82) is 0 Å². The number of carboxylic acids is 1. The van der Waals surface area contributed by atoms with Crippen LogP contribution in [0.25, 0.3) is 0 Å². The smallest absolute Gasteiger partial charge is 0.307 e. The molecule has 0 aliphatic rings. The standard InChI is InChI=1S/C19H35NO3/c1-3-5-6-7-8-9-10-11-12-13-14-17(19(22)23)16-18(21)20-15-4-2/h12-13,17H,3-11,14-16H2,1-2H3,(H,20,21)(H,22,23). The molecule has 0 aromatic carbocycles. The molecule has 0 fully saturated rings. The Balaban J connectivity index is 3.77. The fraction of sp³-hybridized carbons (Fsp3) is 0.789. The van der Waals surface area contributed by atoms with E-state index in [1.165, 1.54) is 38.5 Å². The zero-order valence-corrected chi connectivity index (χ0v) is 15.0. The van der Waals surface area contributed by atoms with Gasteiger partial charge in [0.05, 0.1) is 5.92 Å². The highest BCUT2D eigenvalue weighted by molar-refractivity contribution is 5.82. The van der Waals surface area contributed by atoms with Crippen LogP contribution >= 0.6 is 0 Å². The van der Waals surface area contributed by atoms with Crippen LogP contribution in [0.2, 0.25) is 0 Å². The van der Waals surface area contributed by atoms with Gasteiger partial charge in [0.15, 0.2) is 0 Å². The molecule has 0 bridgehead atoms. The number of carboxylic acid groups (broad SMARTS) is 1. The number of carbonyl (C=O) groups is 2. The average Bonchev–Trinajstić information content (AvgIpc) is 2.53. The van der Waals surface area contributed by atoms with E-state index in [2.05, 4.69) is 18.3 Å². The van der Waals surface area contributed by atoms with Gasteiger partial charge >= 0.3 is 5.97 Å². The largest absolute Gasteiger partial charge is 0.481 e. The minimum absolute atomic E-state index is 0.0666. The molecular weight excluding hydrogens is 290 g/mol. The lowest BCUT2D eigenvalue weighted by molar-refractivity contribution is -0.143. The van der Waals surface area contributed by atoms with E-state index < -0.39 is 11.9 Å². The van der Waals surface area contributed by atoms with Crippen molar-refractivity contribution in [3.05, 3.63) is 12.2 Å². The van der Waals surface area contributed by atoms with E-state index >= 15 is 0 Å². The second-order valence-corrected chi connectivity index (χ2v) is 6.21. The van der Waals surface area contributed by atoms with E-state index in [4.69, 9.17) is 0 Å². The highest BCUT2D eigenvalue weighted by atomic mass is 16.4. The van der Waals surface area contributed by atoms with E-state index in [0.29, 0.717) is 13.0 Å². The maximum absolute atomic E-state index is 11.6. The predicted octanol–water partition coefficient (Wildman–Crippen LogP) is 4.69. The van der Waals surface area contributed by atoms with Gasteiger partial charge in [-0.1, -0.05) is 64.5 Å². The molecule has 0 aliphatic carbocycles. The van der Waals surface area contributed by atoms with Crippen LogP contribution in [-0.2, 0) is 9.59 Å². The minimum Gasteiger partial charge on any atom is -0.481 e. The SMILES string of the molecule is CCCCCCCCCC=CCC(CC(=O)NCCC)C(=O)O.